The van der Waals surface area contributed by atoms with Gasteiger partial charge >= 0.3 is 0 Å². The number of hydrogen-bond donors (Lipinski definition) is 2. The predicted molar refractivity (Wildman–Crippen MR) is 108 cm³/mol. The van der Waals surface area contributed by atoms with Crippen molar-refractivity contribution in [3.05, 3.63) is 58.4 Å². The van der Waals surface area contributed by atoms with Crippen LogP contribution in [0.3, 0.4) is 0 Å². The number of fused-ring (bicyclic) bond motifs is 2. The van der Waals surface area contributed by atoms with Gasteiger partial charge in [-0.2, -0.15) is 0 Å². The lowest BCUT2D eigenvalue weighted by molar-refractivity contribution is 0.00560. The monoisotopic (exact) mass is 473 g/mol. The highest BCUT2D eigenvalue weighted by Crippen LogP contribution is 2.55. The number of anilines is 1. The minimum Gasteiger partial charge on any atom is -0.390 e. The highest BCUT2D eigenvalue weighted by molar-refractivity contribution is 7.92. The molecule has 0 heterocycles. The molecule has 0 spiro atoms. The molecule has 10 heteroatoms. The summed E-state index contributed by atoms with van der Waals surface area (Å²) in [6, 6.07) is 4.86. The maximum atomic E-state index is 13.4. The molecule has 2 aliphatic rings. The number of halogens is 4. The molecule has 2 N–H and O–H groups in total. The summed E-state index contributed by atoms with van der Waals surface area (Å²) >= 11 is 6.16. The molecule has 0 saturated heterocycles. The molecule has 0 radical (unpaired) electrons. The molecule has 4 atom stereocenters. The third-order valence-electron chi connectivity index (χ3n) is 6.28. The lowest BCUT2D eigenvalue weighted by Gasteiger charge is -2.28. The van der Waals surface area contributed by atoms with Crippen molar-refractivity contribution < 1.29 is 31.5 Å². The van der Waals surface area contributed by atoms with Gasteiger partial charge < -0.3 is 10.4 Å². The van der Waals surface area contributed by atoms with E-state index in [2.05, 4.69) is 5.32 Å². The summed E-state index contributed by atoms with van der Waals surface area (Å²) < 4.78 is 66.7. The standard InChI is InChI=1S/C21H19ClF3NO4S/c1-21(28)9-11-2-4-13(21)19(11)31(29,30)17-6-10(3-5-14(17)22)20(27)26-12-7-15(23)18(25)16(24)8-12/h3,5-8,11,13,19,28H,2,4,9H2,1H3,(H,26,27)/t11?,13?,19-,21-/m1/s1. The van der Waals surface area contributed by atoms with Crippen LogP contribution >= 0.6 is 11.6 Å². The van der Waals surface area contributed by atoms with Crippen LogP contribution in [0.25, 0.3) is 0 Å². The molecule has 4 rings (SSSR count). The van der Waals surface area contributed by atoms with Crippen molar-refractivity contribution in [1.29, 1.82) is 0 Å². The Morgan fingerprint density at radius 1 is 1.16 bits per heavy atom. The Hall–Kier alpha value is -2.10. The van der Waals surface area contributed by atoms with Crippen molar-refractivity contribution in [2.75, 3.05) is 5.32 Å². The van der Waals surface area contributed by atoms with Crippen molar-refractivity contribution in [2.24, 2.45) is 11.8 Å². The van der Waals surface area contributed by atoms with Crippen LogP contribution in [0.2, 0.25) is 5.02 Å². The topological polar surface area (TPSA) is 83.5 Å². The van der Waals surface area contributed by atoms with Gasteiger partial charge in [-0.15, -0.1) is 0 Å². The minimum atomic E-state index is -3.97. The molecule has 0 aromatic heterocycles. The highest BCUT2D eigenvalue weighted by atomic mass is 35.5. The van der Waals surface area contributed by atoms with E-state index in [-0.39, 0.29) is 27.1 Å². The summed E-state index contributed by atoms with van der Waals surface area (Å²) in [5.74, 6) is -6.10. The zero-order chi connectivity index (χ0) is 22.7. The fourth-order valence-corrected chi connectivity index (χ4v) is 7.89. The lowest BCUT2D eigenvalue weighted by atomic mass is 9.86. The fraction of sp³-hybridized carbons (Fsp3) is 0.381. The van der Waals surface area contributed by atoms with Crippen LogP contribution in [0.15, 0.2) is 35.2 Å². The number of benzene rings is 2. The van der Waals surface area contributed by atoms with Crippen molar-refractivity contribution in [1.82, 2.24) is 0 Å². The molecule has 0 aliphatic heterocycles. The maximum absolute atomic E-state index is 13.4. The SMILES string of the molecule is C[C@@]1(O)CC2CCC1[C@@H]2S(=O)(=O)c1cc(C(=O)Nc2cc(F)c(F)c(F)c2)ccc1Cl. The number of sulfone groups is 1. The first-order chi connectivity index (χ1) is 14.4. The molecule has 2 unspecified atom stereocenters. The number of carbonyl (C=O) groups excluding carboxylic acids is 1. The molecule has 2 aromatic rings. The van der Waals surface area contributed by atoms with E-state index in [1.54, 1.807) is 6.92 Å². The van der Waals surface area contributed by atoms with Gasteiger partial charge in [0.05, 0.1) is 20.8 Å². The lowest BCUT2D eigenvalue weighted by Crippen LogP contribution is -2.35. The molecule has 31 heavy (non-hydrogen) atoms. The number of hydrogen-bond acceptors (Lipinski definition) is 4. The van der Waals surface area contributed by atoms with Crippen LogP contribution < -0.4 is 5.32 Å². The second-order valence-corrected chi connectivity index (χ2v) is 10.8. The largest absolute Gasteiger partial charge is 0.390 e. The van der Waals surface area contributed by atoms with Crippen LogP contribution in [0, 0.1) is 29.3 Å². The summed E-state index contributed by atoms with van der Waals surface area (Å²) in [5, 5.41) is 11.9. The van der Waals surface area contributed by atoms with Crippen molar-refractivity contribution in [2.45, 2.75) is 41.9 Å². The zero-order valence-corrected chi connectivity index (χ0v) is 17.9. The smallest absolute Gasteiger partial charge is 0.255 e. The van der Waals surface area contributed by atoms with E-state index in [0.717, 1.165) is 6.07 Å². The van der Waals surface area contributed by atoms with E-state index in [0.29, 0.717) is 31.4 Å². The van der Waals surface area contributed by atoms with Gasteiger partial charge in [-0.05, 0) is 50.3 Å². The van der Waals surface area contributed by atoms with Gasteiger partial charge in [0.25, 0.3) is 5.91 Å². The molecule has 2 fully saturated rings. The van der Waals surface area contributed by atoms with Gasteiger partial charge in [0.2, 0.25) is 0 Å². The fourth-order valence-electron chi connectivity index (χ4n) is 4.93. The molecular weight excluding hydrogens is 455 g/mol. The zero-order valence-electron chi connectivity index (χ0n) is 16.3. The van der Waals surface area contributed by atoms with Crippen LogP contribution in [0.5, 0.6) is 0 Å². The molecule has 166 valence electrons. The number of aliphatic hydroxyl groups is 1. The first-order valence-electron chi connectivity index (χ1n) is 9.63. The number of amides is 1. The predicted octanol–water partition coefficient (Wildman–Crippen LogP) is 4.33. The summed E-state index contributed by atoms with van der Waals surface area (Å²) in [5.41, 5.74) is -1.52. The Bertz CT molecular complexity index is 1160. The second kappa shape index (κ2) is 7.50. The average Bonchev–Trinajstić information content (AvgIpc) is 3.21. The molecule has 5 nitrogen and oxygen atoms in total. The van der Waals surface area contributed by atoms with Crippen LogP contribution in [-0.2, 0) is 9.84 Å². The van der Waals surface area contributed by atoms with Crippen LogP contribution in [0.4, 0.5) is 18.9 Å². The molecule has 2 aromatic carbocycles. The van der Waals surface area contributed by atoms with E-state index < -0.39 is 50.0 Å². The summed E-state index contributed by atoms with van der Waals surface area (Å²) in [7, 11) is -3.97. The first kappa shape index (κ1) is 22.1. The van der Waals surface area contributed by atoms with E-state index in [9.17, 15) is 31.5 Å². The quantitative estimate of drug-likeness (QED) is 0.647. The molecular formula is C21H19ClF3NO4S. The Morgan fingerprint density at radius 3 is 2.35 bits per heavy atom. The first-order valence-corrected chi connectivity index (χ1v) is 11.6. The van der Waals surface area contributed by atoms with Crippen molar-refractivity contribution >= 4 is 33.0 Å². The Balaban J connectivity index is 1.65. The normalized spacial score (nSPS) is 27.5. The number of nitrogens with one attached hydrogen (secondary N) is 1. The van der Waals surface area contributed by atoms with Crippen molar-refractivity contribution in [3.63, 3.8) is 0 Å². The van der Waals surface area contributed by atoms with E-state index in [1.165, 1.54) is 12.1 Å². The van der Waals surface area contributed by atoms with Gasteiger partial charge in [0.1, 0.15) is 0 Å². The van der Waals surface area contributed by atoms with Crippen molar-refractivity contribution in [3.8, 4) is 0 Å². The molecule has 2 bridgehead atoms. The number of carbonyl (C=O) groups is 1. The van der Waals surface area contributed by atoms with Crippen LogP contribution in [-0.4, -0.2) is 30.3 Å². The van der Waals surface area contributed by atoms with Gasteiger partial charge in [0.15, 0.2) is 27.3 Å². The maximum Gasteiger partial charge on any atom is 0.255 e. The number of rotatable bonds is 4. The third kappa shape index (κ3) is 3.72. The van der Waals surface area contributed by atoms with Gasteiger partial charge in [-0.25, -0.2) is 21.6 Å². The van der Waals surface area contributed by atoms with Crippen LogP contribution in [0.1, 0.15) is 36.5 Å². The highest BCUT2D eigenvalue weighted by Gasteiger charge is 2.59. The van der Waals surface area contributed by atoms with E-state index >= 15 is 0 Å². The summed E-state index contributed by atoms with van der Waals surface area (Å²) in [6.45, 7) is 1.63. The average molecular weight is 474 g/mol. The molecule has 2 aliphatic carbocycles. The molecule has 2 saturated carbocycles. The van der Waals surface area contributed by atoms with Gasteiger partial charge in [0, 0.05) is 29.3 Å². The Kier molecular flexibility index (Phi) is 5.34. The van der Waals surface area contributed by atoms with Gasteiger partial charge in [-0.3, -0.25) is 4.79 Å². The minimum absolute atomic E-state index is 0.0682. The summed E-state index contributed by atoms with van der Waals surface area (Å²) in [6.07, 6.45) is 1.65. The van der Waals surface area contributed by atoms with Gasteiger partial charge in [-0.1, -0.05) is 11.6 Å². The summed E-state index contributed by atoms with van der Waals surface area (Å²) in [4.78, 5) is 12.3. The van der Waals surface area contributed by atoms with E-state index in [1.807, 2.05) is 0 Å². The third-order valence-corrected chi connectivity index (χ3v) is 9.11. The second-order valence-electron chi connectivity index (χ2n) is 8.37. The molecule has 1 amide bonds. The van der Waals surface area contributed by atoms with E-state index in [4.69, 9.17) is 11.6 Å². The Labute approximate surface area is 182 Å². The Morgan fingerprint density at radius 2 is 1.81 bits per heavy atom.